The molecule has 1 aliphatic carbocycles. The zero-order valence-corrected chi connectivity index (χ0v) is 26.1. The van der Waals surface area contributed by atoms with Crippen LogP contribution in [-0.2, 0) is 16.6 Å². The summed E-state index contributed by atoms with van der Waals surface area (Å²) in [6, 6.07) is 8.79. The molecule has 13 heteroatoms. The van der Waals surface area contributed by atoms with Crippen LogP contribution in [0.1, 0.15) is 19.3 Å². The molecule has 45 heavy (non-hydrogen) atoms. The Hall–Kier alpha value is -4.68. The lowest BCUT2D eigenvalue weighted by Crippen LogP contribution is -2.31. The van der Waals surface area contributed by atoms with Gasteiger partial charge in [-0.3, -0.25) is 9.69 Å². The minimum atomic E-state index is -1.21. The van der Waals surface area contributed by atoms with Crippen molar-refractivity contribution in [3.05, 3.63) is 78.5 Å². The van der Waals surface area contributed by atoms with Gasteiger partial charge in [-0.05, 0) is 62.9 Å². The lowest BCUT2D eigenvalue weighted by Gasteiger charge is -2.30. The van der Waals surface area contributed by atoms with Crippen LogP contribution in [0, 0.1) is 0 Å². The molecule has 2 aliphatic rings. The van der Waals surface area contributed by atoms with Crippen molar-refractivity contribution in [2.45, 2.75) is 30.4 Å². The number of imidazole rings is 1. The quantitative estimate of drug-likeness (QED) is 0.178. The predicted molar refractivity (Wildman–Crippen MR) is 171 cm³/mol. The number of methoxy groups -OCH3 is 2. The van der Waals surface area contributed by atoms with Crippen molar-refractivity contribution in [1.82, 2.24) is 24.4 Å². The molecule has 0 saturated carbocycles. The Kier molecular flexibility index (Phi) is 8.34. The third kappa shape index (κ3) is 6.29. The Labute approximate surface area is 264 Å². The third-order valence-electron chi connectivity index (χ3n) is 8.02. The SMILES string of the molecule is COC1=C(Nc2ncnc3cc(OC)c(NC(=O)/C(F)=C\[C@H]4CCCN4C)cc23)C=CC(Cl)(Oc2ccc3c(c2)ncn3C)C1. The van der Waals surface area contributed by atoms with Gasteiger partial charge in [0.15, 0.2) is 5.83 Å². The van der Waals surface area contributed by atoms with E-state index in [4.69, 9.17) is 25.8 Å². The molecule has 2 atom stereocenters. The summed E-state index contributed by atoms with van der Waals surface area (Å²) in [5.41, 5.74) is 3.20. The topological polar surface area (TPSA) is 116 Å². The summed E-state index contributed by atoms with van der Waals surface area (Å²) in [5, 5.41) is 5.29. The van der Waals surface area contributed by atoms with Gasteiger partial charge in [0.2, 0.25) is 5.06 Å². The summed E-state index contributed by atoms with van der Waals surface area (Å²) in [6.07, 6.45) is 9.97. The predicted octanol–water partition coefficient (Wildman–Crippen LogP) is 5.66. The summed E-state index contributed by atoms with van der Waals surface area (Å²) >= 11 is 6.90. The molecule has 11 nitrogen and oxygen atoms in total. The van der Waals surface area contributed by atoms with Gasteiger partial charge < -0.3 is 29.4 Å². The standard InChI is InChI=1S/C32H33ClFN7O4/c1-40-11-5-6-19(40)12-22(34)31(42)39-26-14-21-24(15-28(26)43-3)35-17-36-30(21)38-23-9-10-32(33,16-29(23)44-4)45-20-7-8-27-25(13-20)37-18-41(27)2/h7-10,12-15,17-19H,5-6,11,16H2,1-4H3,(H,39,42)(H,35,36,38)/b22-12+/t19-,32?/m1/s1. The summed E-state index contributed by atoms with van der Waals surface area (Å²) in [5.74, 6) is 0.143. The van der Waals surface area contributed by atoms with Gasteiger partial charge in [0.25, 0.3) is 5.91 Å². The highest BCUT2D eigenvalue weighted by atomic mass is 35.5. The number of likely N-dealkylation sites (N-methyl/N-ethyl adjacent to an activating group) is 1. The van der Waals surface area contributed by atoms with Crippen LogP contribution in [0.15, 0.2) is 78.5 Å². The van der Waals surface area contributed by atoms with Gasteiger partial charge in [-0.15, -0.1) is 0 Å². The van der Waals surface area contributed by atoms with E-state index >= 15 is 0 Å². The van der Waals surface area contributed by atoms with Crippen molar-refractivity contribution in [2.75, 3.05) is 38.4 Å². The molecule has 2 aromatic carbocycles. The molecule has 1 aliphatic heterocycles. The summed E-state index contributed by atoms with van der Waals surface area (Å²) in [4.78, 5) is 28.0. The lowest BCUT2D eigenvalue weighted by molar-refractivity contribution is -0.114. The maximum Gasteiger partial charge on any atom is 0.284 e. The molecule has 1 saturated heterocycles. The number of carbonyl (C=O) groups is 1. The van der Waals surface area contributed by atoms with E-state index in [9.17, 15) is 9.18 Å². The molecule has 234 valence electrons. The third-order valence-corrected chi connectivity index (χ3v) is 8.36. The van der Waals surface area contributed by atoms with Crippen LogP contribution in [0.5, 0.6) is 11.5 Å². The minimum Gasteiger partial charge on any atom is -0.499 e. The number of likely N-dealkylation sites (tertiary alicyclic amines) is 1. The average molecular weight is 634 g/mol. The van der Waals surface area contributed by atoms with Gasteiger partial charge in [0.05, 0.1) is 54.9 Å². The Morgan fingerprint density at radius 1 is 1.13 bits per heavy atom. The van der Waals surface area contributed by atoms with Gasteiger partial charge >= 0.3 is 0 Å². The van der Waals surface area contributed by atoms with E-state index in [1.807, 2.05) is 41.8 Å². The number of allylic oxidation sites excluding steroid dienone is 1. The van der Waals surface area contributed by atoms with Crippen LogP contribution < -0.4 is 20.1 Å². The van der Waals surface area contributed by atoms with Gasteiger partial charge in [-0.2, -0.15) is 0 Å². The van der Waals surface area contributed by atoms with Gasteiger partial charge in [0, 0.05) is 30.6 Å². The fraction of sp³-hybridized carbons (Fsp3) is 0.312. The molecule has 1 unspecified atom stereocenters. The van der Waals surface area contributed by atoms with Crippen LogP contribution in [0.2, 0.25) is 0 Å². The second-order valence-corrected chi connectivity index (χ2v) is 11.7. The number of alkyl halides is 1. The molecule has 3 heterocycles. The van der Waals surface area contributed by atoms with E-state index in [0.29, 0.717) is 39.7 Å². The van der Waals surface area contributed by atoms with E-state index in [1.54, 1.807) is 37.7 Å². The zero-order valence-electron chi connectivity index (χ0n) is 25.3. The molecular formula is C32H33ClFN7O4. The molecular weight excluding hydrogens is 601 g/mol. The smallest absolute Gasteiger partial charge is 0.284 e. The number of anilines is 2. The van der Waals surface area contributed by atoms with Crippen molar-refractivity contribution in [2.24, 2.45) is 7.05 Å². The fourth-order valence-corrected chi connectivity index (χ4v) is 5.84. The number of carbonyl (C=O) groups excluding carboxylic acids is 1. The number of nitrogens with one attached hydrogen (secondary N) is 2. The van der Waals surface area contributed by atoms with Crippen LogP contribution in [0.4, 0.5) is 15.9 Å². The Balaban J connectivity index is 1.24. The van der Waals surface area contributed by atoms with E-state index in [1.165, 1.54) is 19.5 Å². The molecule has 2 aromatic heterocycles. The number of fused-ring (bicyclic) bond motifs is 2. The monoisotopic (exact) mass is 633 g/mol. The molecule has 6 rings (SSSR count). The van der Waals surface area contributed by atoms with Crippen LogP contribution in [-0.4, -0.2) is 69.2 Å². The molecule has 1 fully saturated rings. The summed E-state index contributed by atoms with van der Waals surface area (Å²) < 4.78 is 34.2. The maximum atomic E-state index is 14.9. The number of halogens is 2. The van der Waals surface area contributed by atoms with Crippen LogP contribution in [0.3, 0.4) is 0 Å². The number of aryl methyl sites for hydroxylation is 1. The highest BCUT2D eigenvalue weighted by molar-refractivity contribution is 6.24. The first-order valence-electron chi connectivity index (χ1n) is 14.4. The molecule has 0 radical (unpaired) electrons. The van der Waals surface area contributed by atoms with Crippen molar-refractivity contribution in [1.29, 1.82) is 0 Å². The second kappa shape index (κ2) is 12.4. The number of amides is 1. The number of hydrogen-bond acceptors (Lipinski definition) is 9. The van der Waals surface area contributed by atoms with Crippen molar-refractivity contribution in [3.63, 3.8) is 0 Å². The van der Waals surface area contributed by atoms with E-state index < -0.39 is 16.8 Å². The molecule has 2 N–H and O–H groups in total. The van der Waals surface area contributed by atoms with Gasteiger partial charge in [-0.1, -0.05) is 11.6 Å². The minimum absolute atomic E-state index is 0.119. The average Bonchev–Trinajstić information content (AvgIpc) is 3.61. The van der Waals surface area contributed by atoms with E-state index in [0.717, 1.165) is 30.4 Å². The Morgan fingerprint density at radius 3 is 2.73 bits per heavy atom. The maximum absolute atomic E-state index is 14.9. The van der Waals surface area contributed by atoms with Crippen LogP contribution >= 0.6 is 11.6 Å². The summed E-state index contributed by atoms with van der Waals surface area (Å²) in [6.45, 7) is 0.863. The Bertz CT molecular complexity index is 1870. The molecule has 1 amide bonds. The zero-order chi connectivity index (χ0) is 31.7. The van der Waals surface area contributed by atoms with Crippen molar-refractivity contribution < 1.29 is 23.4 Å². The van der Waals surface area contributed by atoms with Crippen LogP contribution in [0.25, 0.3) is 21.9 Å². The number of rotatable bonds is 9. The lowest BCUT2D eigenvalue weighted by atomic mass is 10.1. The first-order chi connectivity index (χ1) is 21.7. The number of benzene rings is 2. The highest BCUT2D eigenvalue weighted by Gasteiger charge is 2.33. The highest BCUT2D eigenvalue weighted by Crippen LogP contribution is 2.38. The van der Waals surface area contributed by atoms with E-state index in [-0.39, 0.29) is 18.2 Å². The first kappa shape index (κ1) is 30.4. The van der Waals surface area contributed by atoms with E-state index in [2.05, 4.69) is 25.6 Å². The number of aromatic nitrogens is 4. The van der Waals surface area contributed by atoms with Gasteiger partial charge in [0.1, 0.15) is 29.4 Å². The number of nitrogens with zero attached hydrogens (tertiary/aromatic N) is 5. The first-order valence-corrected chi connectivity index (χ1v) is 14.8. The fourth-order valence-electron chi connectivity index (χ4n) is 5.56. The largest absolute Gasteiger partial charge is 0.499 e. The normalized spacial score (nSPS) is 20.6. The van der Waals surface area contributed by atoms with Gasteiger partial charge in [-0.25, -0.2) is 19.3 Å². The number of hydrogen-bond donors (Lipinski definition) is 2. The number of ether oxygens (including phenoxy) is 3. The van der Waals surface area contributed by atoms with Crippen molar-refractivity contribution >= 4 is 50.9 Å². The second-order valence-electron chi connectivity index (χ2n) is 11.0. The molecule has 4 aromatic rings. The van der Waals surface area contributed by atoms with Crippen molar-refractivity contribution in [3.8, 4) is 11.5 Å². The molecule has 0 spiro atoms. The Morgan fingerprint density at radius 2 is 1.98 bits per heavy atom. The summed E-state index contributed by atoms with van der Waals surface area (Å²) in [7, 11) is 6.86. The molecule has 0 bridgehead atoms.